The van der Waals surface area contributed by atoms with Crippen LogP contribution < -0.4 is 0 Å². The van der Waals surface area contributed by atoms with Gasteiger partial charge in [0, 0.05) is 26.1 Å². The van der Waals surface area contributed by atoms with Gasteiger partial charge in [-0.3, -0.25) is 4.79 Å². The summed E-state index contributed by atoms with van der Waals surface area (Å²) in [4.78, 5) is 26.6. The Morgan fingerprint density at radius 3 is 2.25 bits per heavy atom. The second-order valence-corrected chi connectivity index (χ2v) is 4.81. The van der Waals surface area contributed by atoms with Gasteiger partial charge >= 0.3 is 5.97 Å². The van der Waals surface area contributed by atoms with E-state index in [1.54, 1.807) is 0 Å². The van der Waals surface area contributed by atoms with Crippen LogP contribution in [-0.4, -0.2) is 58.5 Å². The summed E-state index contributed by atoms with van der Waals surface area (Å²) < 4.78 is 0. The van der Waals surface area contributed by atoms with E-state index in [1.165, 1.54) is 11.8 Å². The lowest BCUT2D eigenvalue weighted by Crippen LogP contribution is -2.60. The standard InChI is InChI=1S/C11H20N2O3/c1-8(2)13(9(3)14)11(10(15)16)5-6-12(4)7-11/h8H,5-7H2,1-4H3,(H,15,16). The first-order valence-electron chi connectivity index (χ1n) is 5.53. The molecule has 0 spiro atoms. The number of likely N-dealkylation sites (N-methyl/N-ethyl adjacent to an activating group) is 1. The molecule has 1 saturated heterocycles. The van der Waals surface area contributed by atoms with Crippen LogP contribution in [0.25, 0.3) is 0 Å². The van der Waals surface area contributed by atoms with Crippen molar-refractivity contribution in [3.05, 3.63) is 0 Å². The molecule has 5 nitrogen and oxygen atoms in total. The van der Waals surface area contributed by atoms with E-state index >= 15 is 0 Å². The predicted molar refractivity (Wildman–Crippen MR) is 60.1 cm³/mol. The number of aliphatic carboxylic acids is 1. The topological polar surface area (TPSA) is 60.9 Å². The first-order chi connectivity index (χ1) is 7.31. The van der Waals surface area contributed by atoms with Crippen molar-refractivity contribution in [1.29, 1.82) is 0 Å². The zero-order valence-electron chi connectivity index (χ0n) is 10.4. The number of carboxylic acids is 1. The van der Waals surface area contributed by atoms with Gasteiger partial charge in [-0.1, -0.05) is 0 Å². The second-order valence-electron chi connectivity index (χ2n) is 4.81. The molecule has 0 bridgehead atoms. The Bertz CT molecular complexity index is 304. The Balaban J connectivity index is 3.10. The van der Waals surface area contributed by atoms with Crippen LogP contribution in [0.1, 0.15) is 27.2 Å². The third-order valence-electron chi connectivity index (χ3n) is 3.15. The molecule has 0 radical (unpaired) electrons. The molecule has 5 heteroatoms. The first kappa shape index (κ1) is 13.0. The van der Waals surface area contributed by atoms with Crippen LogP contribution in [0, 0.1) is 0 Å². The maximum absolute atomic E-state index is 11.6. The van der Waals surface area contributed by atoms with Crippen LogP contribution in [-0.2, 0) is 9.59 Å². The molecular weight excluding hydrogens is 208 g/mol. The first-order valence-corrected chi connectivity index (χ1v) is 5.53. The third-order valence-corrected chi connectivity index (χ3v) is 3.15. The van der Waals surface area contributed by atoms with E-state index in [0.29, 0.717) is 19.5 Å². The summed E-state index contributed by atoms with van der Waals surface area (Å²) >= 11 is 0. The van der Waals surface area contributed by atoms with E-state index in [0.717, 1.165) is 0 Å². The van der Waals surface area contributed by atoms with Crippen molar-refractivity contribution in [2.75, 3.05) is 20.1 Å². The van der Waals surface area contributed by atoms with Gasteiger partial charge < -0.3 is 14.9 Å². The second kappa shape index (κ2) is 4.41. The number of carbonyl (C=O) groups is 2. The van der Waals surface area contributed by atoms with E-state index < -0.39 is 11.5 Å². The molecule has 1 aliphatic rings. The fraction of sp³-hybridized carbons (Fsp3) is 0.818. The van der Waals surface area contributed by atoms with Gasteiger partial charge in [0.2, 0.25) is 5.91 Å². The summed E-state index contributed by atoms with van der Waals surface area (Å²) in [7, 11) is 1.88. The molecular formula is C11H20N2O3. The van der Waals surface area contributed by atoms with Crippen molar-refractivity contribution in [2.24, 2.45) is 0 Å². The zero-order valence-corrected chi connectivity index (χ0v) is 10.4. The summed E-state index contributed by atoms with van der Waals surface area (Å²) in [6.07, 6.45) is 0.497. The molecule has 1 atom stereocenters. The lowest BCUT2D eigenvalue weighted by Gasteiger charge is -2.40. The van der Waals surface area contributed by atoms with Crippen LogP contribution in [0.5, 0.6) is 0 Å². The van der Waals surface area contributed by atoms with Gasteiger partial charge in [-0.05, 0) is 27.3 Å². The molecule has 1 unspecified atom stereocenters. The quantitative estimate of drug-likeness (QED) is 0.759. The summed E-state index contributed by atoms with van der Waals surface area (Å²) in [5, 5.41) is 9.43. The van der Waals surface area contributed by atoms with Crippen LogP contribution in [0.4, 0.5) is 0 Å². The van der Waals surface area contributed by atoms with E-state index in [-0.39, 0.29) is 11.9 Å². The number of carboxylic acid groups (broad SMARTS) is 1. The summed E-state index contributed by atoms with van der Waals surface area (Å²) in [6, 6.07) is -0.0971. The zero-order chi connectivity index (χ0) is 12.5. The lowest BCUT2D eigenvalue weighted by atomic mass is 9.94. The van der Waals surface area contributed by atoms with Gasteiger partial charge in [0.15, 0.2) is 5.54 Å². The van der Waals surface area contributed by atoms with Crippen LogP contribution in [0.15, 0.2) is 0 Å². The van der Waals surface area contributed by atoms with Gasteiger partial charge in [-0.2, -0.15) is 0 Å². The molecule has 1 amide bonds. The Labute approximate surface area is 96.0 Å². The van der Waals surface area contributed by atoms with E-state index in [4.69, 9.17) is 0 Å². The van der Waals surface area contributed by atoms with Crippen LogP contribution in [0.2, 0.25) is 0 Å². The Hall–Kier alpha value is -1.10. The van der Waals surface area contributed by atoms with Crippen molar-refractivity contribution >= 4 is 11.9 Å². The number of hydrogen-bond donors (Lipinski definition) is 1. The summed E-state index contributed by atoms with van der Waals surface area (Å²) in [5.74, 6) is -1.08. The maximum Gasteiger partial charge on any atom is 0.331 e. The number of likely N-dealkylation sites (tertiary alicyclic amines) is 1. The highest BCUT2D eigenvalue weighted by Gasteiger charge is 2.50. The fourth-order valence-electron chi connectivity index (χ4n) is 2.61. The van der Waals surface area contributed by atoms with Gasteiger partial charge in [0.1, 0.15) is 0 Å². The van der Waals surface area contributed by atoms with E-state index in [2.05, 4.69) is 0 Å². The monoisotopic (exact) mass is 228 g/mol. The Morgan fingerprint density at radius 1 is 1.44 bits per heavy atom. The summed E-state index contributed by atoms with van der Waals surface area (Å²) in [6.45, 7) is 6.25. The van der Waals surface area contributed by atoms with Crippen molar-refractivity contribution in [3.8, 4) is 0 Å². The molecule has 1 rings (SSSR count). The van der Waals surface area contributed by atoms with Gasteiger partial charge in [0.25, 0.3) is 0 Å². The highest BCUT2D eigenvalue weighted by molar-refractivity contribution is 5.87. The average Bonchev–Trinajstić information content (AvgIpc) is 2.47. The van der Waals surface area contributed by atoms with E-state index in [9.17, 15) is 14.7 Å². The van der Waals surface area contributed by atoms with Crippen molar-refractivity contribution < 1.29 is 14.7 Å². The largest absolute Gasteiger partial charge is 0.479 e. The van der Waals surface area contributed by atoms with Crippen molar-refractivity contribution in [1.82, 2.24) is 9.80 Å². The Morgan fingerprint density at radius 2 is 2.00 bits per heavy atom. The number of nitrogens with zero attached hydrogens (tertiary/aromatic N) is 2. The van der Waals surface area contributed by atoms with Crippen molar-refractivity contribution in [3.63, 3.8) is 0 Å². The molecule has 92 valence electrons. The average molecular weight is 228 g/mol. The minimum absolute atomic E-state index is 0.0971. The lowest BCUT2D eigenvalue weighted by molar-refractivity contribution is -0.159. The van der Waals surface area contributed by atoms with E-state index in [1.807, 2.05) is 25.8 Å². The molecule has 0 aliphatic carbocycles. The van der Waals surface area contributed by atoms with Crippen LogP contribution >= 0.6 is 0 Å². The van der Waals surface area contributed by atoms with Gasteiger partial charge in [-0.25, -0.2) is 4.79 Å². The maximum atomic E-state index is 11.6. The van der Waals surface area contributed by atoms with Crippen LogP contribution in [0.3, 0.4) is 0 Å². The molecule has 0 saturated carbocycles. The van der Waals surface area contributed by atoms with Gasteiger partial charge in [-0.15, -0.1) is 0 Å². The summed E-state index contributed by atoms with van der Waals surface area (Å²) in [5.41, 5.74) is -1.05. The molecule has 0 aromatic rings. The number of hydrogen-bond acceptors (Lipinski definition) is 3. The predicted octanol–water partition coefficient (Wildman–Crippen LogP) is 0.402. The van der Waals surface area contributed by atoms with Gasteiger partial charge in [0.05, 0.1) is 0 Å². The SMILES string of the molecule is CC(=O)N(C(C)C)C1(C(=O)O)CCN(C)C1. The molecule has 0 aromatic heterocycles. The highest BCUT2D eigenvalue weighted by Crippen LogP contribution is 2.29. The number of rotatable bonds is 3. The normalized spacial score (nSPS) is 26.1. The fourth-order valence-corrected chi connectivity index (χ4v) is 2.61. The highest BCUT2D eigenvalue weighted by atomic mass is 16.4. The van der Waals surface area contributed by atoms with Crippen molar-refractivity contribution in [2.45, 2.75) is 38.8 Å². The molecule has 1 fully saturated rings. The molecule has 1 N–H and O–H groups in total. The minimum Gasteiger partial charge on any atom is -0.479 e. The number of amides is 1. The third kappa shape index (κ3) is 2.04. The molecule has 16 heavy (non-hydrogen) atoms. The molecule has 0 aromatic carbocycles. The molecule has 1 heterocycles. The minimum atomic E-state index is -1.05. The Kier molecular flexibility index (Phi) is 3.57. The smallest absolute Gasteiger partial charge is 0.331 e. The molecule has 1 aliphatic heterocycles. The number of carbonyl (C=O) groups excluding carboxylic acids is 1.